The number of methoxy groups -OCH3 is 1. The average molecular weight is 307 g/mol. The van der Waals surface area contributed by atoms with Crippen LogP contribution in [-0.2, 0) is 4.74 Å². The summed E-state index contributed by atoms with van der Waals surface area (Å²) in [6, 6.07) is 9.13. The van der Waals surface area contributed by atoms with Crippen LogP contribution in [0.15, 0.2) is 24.3 Å². The van der Waals surface area contributed by atoms with E-state index in [-0.39, 0.29) is 5.60 Å². The highest BCUT2D eigenvalue weighted by atomic mass is 32.2. The van der Waals surface area contributed by atoms with Gasteiger partial charge in [-0.25, -0.2) is 0 Å². The van der Waals surface area contributed by atoms with Crippen LogP contribution < -0.4 is 10.1 Å². The van der Waals surface area contributed by atoms with Gasteiger partial charge in [-0.1, -0.05) is 18.2 Å². The minimum Gasteiger partial charge on any atom is -0.496 e. The van der Waals surface area contributed by atoms with Gasteiger partial charge >= 0.3 is 0 Å². The molecule has 2 unspecified atom stereocenters. The Hall–Kier alpha value is -0.710. The van der Waals surface area contributed by atoms with Gasteiger partial charge in [0.05, 0.1) is 12.7 Å². The molecule has 2 saturated heterocycles. The Labute approximate surface area is 131 Å². The third-order valence-corrected chi connectivity index (χ3v) is 5.87. The van der Waals surface area contributed by atoms with Gasteiger partial charge in [0, 0.05) is 30.0 Å². The number of rotatable bonds is 4. The maximum absolute atomic E-state index is 6.10. The number of para-hydroxylation sites is 1. The Balaban J connectivity index is 1.65. The molecule has 1 aromatic carbocycles. The van der Waals surface area contributed by atoms with Crippen molar-refractivity contribution in [3.63, 3.8) is 0 Å². The highest BCUT2D eigenvalue weighted by molar-refractivity contribution is 7.99. The summed E-state index contributed by atoms with van der Waals surface area (Å²) >= 11 is 2.03. The first-order valence-corrected chi connectivity index (χ1v) is 8.99. The second kappa shape index (κ2) is 6.59. The fourth-order valence-corrected chi connectivity index (χ4v) is 4.88. The van der Waals surface area contributed by atoms with Crippen LogP contribution in [0.25, 0.3) is 0 Å². The van der Waals surface area contributed by atoms with Crippen molar-refractivity contribution < 1.29 is 9.47 Å². The molecule has 0 aromatic heterocycles. The van der Waals surface area contributed by atoms with Gasteiger partial charge in [0.15, 0.2) is 0 Å². The number of hydrogen-bond donors (Lipinski definition) is 1. The summed E-state index contributed by atoms with van der Waals surface area (Å²) in [6.45, 7) is 3.11. The normalized spacial score (nSPS) is 30.5. The maximum Gasteiger partial charge on any atom is 0.123 e. The number of nitrogens with one attached hydrogen (secondary N) is 1. The Kier molecular flexibility index (Phi) is 4.77. The van der Waals surface area contributed by atoms with Crippen molar-refractivity contribution >= 4 is 11.8 Å². The summed E-state index contributed by atoms with van der Waals surface area (Å²) in [5.74, 6) is 3.37. The molecule has 3 rings (SSSR count). The topological polar surface area (TPSA) is 30.5 Å². The quantitative estimate of drug-likeness (QED) is 0.923. The largest absolute Gasteiger partial charge is 0.496 e. The molecule has 1 N–H and O–H groups in total. The molecule has 0 bridgehead atoms. The molecule has 2 aliphatic rings. The molecule has 0 saturated carbocycles. The van der Waals surface area contributed by atoms with Crippen LogP contribution in [0.3, 0.4) is 0 Å². The molecule has 3 atom stereocenters. The fourth-order valence-electron chi connectivity index (χ4n) is 3.50. The molecular formula is C17H25NO2S. The predicted octanol–water partition coefficient (Wildman–Crippen LogP) is 3.40. The van der Waals surface area contributed by atoms with Crippen LogP contribution in [0.2, 0.25) is 0 Å². The van der Waals surface area contributed by atoms with Crippen molar-refractivity contribution in [3.8, 4) is 5.75 Å². The summed E-state index contributed by atoms with van der Waals surface area (Å²) < 4.78 is 11.6. The molecule has 1 spiro atoms. The zero-order valence-corrected chi connectivity index (χ0v) is 13.7. The molecule has 116 valence electrons. The fraction of sp³-hybridized carbons (Fsp3) is 0.647. The minimum atomic E-state index is 0.140. The Bertz CT molecular complexity index is 474. The molecule has 0 radical (unpaired) electrons. The van der Waals surface area contributed by atoms with E-state index in [1.165, 1.54) is 17.7 Å². The molecule has 3 nitrogen and oxygen atoms in total. The van der Waals surface area contributed by atoms with Crippen LogP contribution in [0.4, 0.5) is 0 Å². The maximum atomic E-state index is 6.10. The summed E-state index contributed by atoms with van der Waals surface area (Å²) in [5.41, 5.74) is 1.38. The van der Waals surface area contributed by atoms with Crippen molar-refractivity contribution in [1.82, 2.24) is 5.32 Å². The van der Waals surface area contributed by atoms with Gasteiger partial charge in [0.2, 0.25) is 0 Å². The lowest BCUT2D eigenvalue weighted by Gasteiger charge is -2.39. The Morgan fingerprint density at radius 3 is 3.05 bits per heavy atom. The zero-order chi connectivity index (χ0) is 14.7. The van der Waals surface area contributed by atoms with Crippen molar-refractivity contribution in [2.75, 3.05) is 25.2 Å². The van der Waals surface area contributed by atoms with Crippen LogP contribution >= 0.6 is 11.8 Å². The monoisotopic (exact) mass is 307 g/mol. The highest BCUT2D eigenvalue weighted by Crippen LogP contribution is 2.39. The predicted molar refractivity (Wildman–Crippen MR) is 88.2 cm³/mol. The average Bonchev–Trinajstić information content (AvgIpc) is 2.95. The number of ether oxygens (including phenoxy) is 2. The third-order valence-electron chi connectivity index (χ3n) is 4.65. The van der Waals surface area contributed by atoms with Crippen LogP contribution in [0, 0.1) is 0 Å². The van der Waals surface area contributed by atoms with E-state index in [1.807, 2.05) is 23.9 Å². The van der Waals surface area contributed by atoms with Gasteiger partial charge in [-0.05, 0) is 38.0 Å². The van der Waals surface area contributed by atoms with Crippen molar-refractivity contribution in [2.24, 2.45) is 0 Å². The second-order valence-corrected chi connectivity index (χ2v) is 7.26. The van der Waals surface area contributed by atoms with Gasteiger partial charge in [-0.2, -0.15) is 11.8 Å². The van der Waals surface area contributed by atoms with Gasteiger partial charge in [-0.3, -0.25) is 0 Å². The van der Waals surface area contributed by atoms with Crippen molar-refractivity contribution in [3.05, 3.63) is 29.8 Å². The van der Waals surface area contributed by atoms with Gasteiger partial charge in [-0.15, -0.1) is 0 Å². The van der Waals surface area contributed by atoms with Crippen molar-refractivity contribution in [2.45, 2.75) is 43.9 Å². The zero-order valence-electron chi connectivity index (χ0n) is 12.9. The lowest BCUT2D eigenvalue weighted by atomic mass is 9.89. The van der Waals surface area contributed by atoms with E-state index in [4.69, 9.17) is 9.47 Å². The van der Waals surface area contributed by atoms with Gasteiger partial charge in [0.25, 0.3) is 0 Å². The van der Waals surface area contributed by atoms with E-state index in [1.54, 1.807) is 7.11 Å². The van der Waals surface area contributed by atoms with E-state index >= 15 is 0 Å². The smallest absolute Gasteiger partial charge is 0.123 e. The molecule has 21 heavy (non-hydrogen) atoms. The second-order valence-electron chi connectivity index (χ2n) is 6.15. The molecule has 2 fully saturated rings. The van der Waals surface area contributed by atoms with Crippen LogP contribution in [-0.4, -0.2) is 36.9 Å². The highest BCUT2D eigenvalue weighted by Gasteiger charge is 2.40. The van der Waals surface area contributed by atoms with Gasteiger partial charge in [0.1, 0.15) is 5.75 Å². The van der Waals surface area contributed by atoms with Gasteiger partial charge < -0.3 is 14.8 Å². The first-order valence-electron chi connectivity index (χ1n) is 7.83. The van der Waals surface area contributed by atoms with E-state index in [0.29, 0.717) is 12.1 Å². The Morgan fingerprint density at radius 1 is 1.43 bits per heavy atom. The molecule has 2 heterocycles. The third kappa shape index (κ3) is 3.38. The van der Waals surface area contributed by atoms with E-state index in [0.717, 1.165) is 31.0 Å². The molecular weight excluding hydrogens is 282 g/mol. The van der Waals surface area contributed by atoms with E-state index in [9.17, 15) is 0 Å². The van der Waals surface area contributed by atoms with E-state index < -0.39 is 0 Å². The summed E-state index contributed by atoms with van der Waals surface area (Å²) in [5, 5.41) is 3.79. The summed E-state index contributed by atoms with van der Waals surface area (Å²) in [4.78, 5) is 0. The molecule has 4 heteroatoms. The molecule has 1 aromatic rings. The molecule has 0 amide bonds. The van der Waals surface area contributed by atoms with Crippen LogP contribution in [0.5, 0.6) is 5.75 Å². The number of hydrogen-bond acceptors (Lipinski definition) is 4. The lowest BCUT2D eigenvalue weighted by Crippen LogP contribution is -2.47. The minimum absolute atomic E-state index is 0.140. The Morgan fingerprint density at radius 2 is 2.29 bits per heavy atom. The SMILES string of the molecule is COc1ccccc1[C@H](C)NC1CCOC2(CCSC2)C1. The first-order chi connectivity index (χ1) is 10.2. The molecule has 0 aliphatic carbocycles. The first kappa shape index (κ1) is 15.2. The number of benzene rings is 1. The summed E-state index contributed by atoms with van der Waals surface area (Å²) in [7, 11) is 1.74. The molecule has 2 aliphatic heterocycles. The number of thioether (sulfide) groups is 1. The standard InChI is InChI=1S/C17H25NO2S/c1-13(15-5-3-4-6-16(15)19-2)18-14-7-9-20-17(11-14)8-10-21-12-17/h3-6,13-14,18H,7-12H2,1-2H3/t13-,14?,17?/m0/s1. The summed E-state index contributed by atoms with van der Waals surface area (Å²) in [6.07, 6.45) is 3.45. The van der Waals surface area contributed by atoms with Crippen LogP contribution in [0.1, 0.15) is 37.8 Å². The van der Waals surface area contributed by atoms with Crippen molar-refractivity contribution in [1.29, 1.82) is 0 Å². The van der Waals surface area contributed by atoms with E-state index in [2.05, 4.69) is 24.4 Å². The lowest BCUT2D eigenvalue weighted by molar-refractivity contribution is -0.0712.